The Labute approximate surface area is 119 Å². The van der Waals surface area contributed by atoms with Crippen molar-refractivity contribution in [3.8, 4) is 0 Å². The standard InChI is InChI=1S/C15H22N4O/c1-10-7-8-14(20-10)12(18-16)9-15-17-11-5-3-4-6-13(11)19(15)2/h3-6,10,12,14,18H,7-9,16H2,1-2H3. The maximum Gasteiger partial charge on any atom is 0.111 e. The third-order valence-electron chi connectivity index (χ3n) is 4.21. The number of hydrazine groups is 1. The highest BCUT2D eigenvalue weighted by Crippen LogP contribution is 2.24. The molecule has 5 heteroatoms. The van der Waals surface area contributed by atoms with E-state index in [0.717, 1.165) is 36.1 Å². The molecule has 1 aromatic heterocycles. The zero-order valence-corrected chi connectivity index (χ0v) is 12.0. The molecule has 5 nitrogen and oxygen atoms in total. The molecule has 0 radical (unpaired) electrons. The van der Waals surface area contributed by atoms with Gasteiger partial charge in [0.2, 0.25) is 0 Å². The van der Waals surface area contributed by atoms with E-state index in [2.05, 4.69) is 30.0 Å². The van der Waals surface area contributed by atoms with Gasteiger partial charge < -0.3 is 9.30 Å². The van der Waals surface area contributed by atoms with Crippen LogP contribution in [0.5, 0.6) is 0 Å². The highest BCUT2D eigenvalue weighted by Gasteiger charge is 2.30. The van der Waals surface area contributed by atoms with E-state index in [-0.39, 0.29) is 12.1 Å². The van der Waals surface area contributed by atoms with E-state index in [4.69, 9.17) is 15.6 Å². The number of fused-ring (bicyclic) bond motifs is 1. The summed E-state index contributed by atoms with van der Waals surface area (Å²) >= 11 is 0. The van der Waals surface area contributed by atoms with Crippen LogP contribution in [0.25, 0.3) is 11.0 Å². The van der Waals surface area contributed by atoms with Crippen LogP contribution in [0.1, 0.15) is 25.6 Å². The molecular formula is C15H22N4O. The van der Waals surface area contributed by atoms with E-state index in [1.54, 1.807) is 0 Å². The molecule has 0 spiro atoms. The highest BCUT2D eigenvalue weighted by molar-refractivity contribution is 5.75. The number of ether oxygens (including phenoxy) is 1. The summed E-state index contributed by atoms with van der Waals surface area (Å²) in [6, 6.07) is 8.28. The van der Waals surface area contributed by atoms with Gasteiger partial charge >= 0.3 is 0 Å². The minimum atomic E-state index is 0.107. The summed E-state index contributed by atoms with van der Waals surface area (Å²) in [4.78, 5) is 4.70. The lowest BCUT2D eigenvalue weighted by Gasteiger charge is -2.22. The number of para-hydroxylation sites is 2. The Morgan fingerprint density at radius 1 is 1.45 bits per heavy atom. The van der Waals surface area contributed by atoms with Gasteiger partial charge in [0, 0.05) is 13.5 Å². The molecule has 0 saturated carbocycles. The first-order valence-corrected chi connectivity index (χ1v) is 7.21. The van der Waals surface area contributed by atoms with E-state index in [1.807, 2.05) is 18.2 Å². The Bertz CT molecular complexity index is 595. The van der Waals surface area contributed by atoms with Gasteiger partial charge in [-0.05, 0) is 31.9 Å². The molecule has 20 heavy (non-hydrogen) atoms. The molecule has 108 valence electrons. The summed E-state index contributed by atoms with van der Waals surface area (Å²) in [5.74, 6) is 6.76. The van der Waals surface area contributed by atoms with Crippen molar-refractivity contribution < 1.29 is 4.74 Å². The van der Waals surface area contributed by atoms with E-state index in [9.17, 15) is 0 Å². The summed E-state index contributed by atoms with van der Waals surface area (Å²) in [7, 11) is 2.05. The Balaban J connectivity index is 1.82. The molecule has 3 atom stereocenters. The molecule has 0 aliphatic carbocycles. The molecule has 1 saturated heterocycles. The summed E-state index contributed by atoms with van der Waals surface area (Å²) < 4.78 is 8.06. The minimum absolute atomic E-state index is 0.107. The quantitative estimate of drug-likeness (QED) is 0.655. The van der Waals surface area contributed by atoms with E-state index in [1.165, 1.54) is 0 Å². The van der Waals surface area contributed by atoms with Crippen LogP contribution in [-0.4, -0.2) is 27.8 Å². The summed E-state index contributed by atoms with van der Waals surface area (Å²) in [5.41, 5.74) is 5.09. The zero-order valence-electron chi connectivity index (χ0n) is 12.0. The van der Waals surface area contributed by atoms with Gasteiger partial charge in [-0.15, -0.1) is 0 Å². The Hall–Kier alpha value is -1.43. The first-order valence-electron chi connectivity index (χ1n) is 7.21. The van der Waals surface area contributed by atoms with Crippen molar-refractivity contribution in [1.29, 1.82) is 0 Å². The Kier molecular flexibility index (Phi) is 3.74. The maximum absolute atomic E-state index is 5.92. The fourth-order valence-corrected chi connectivity index (χ4v) is 3.00. The average molecular weight is 274 g/mol. The minimum Gasteiger partial charge on any atom is -0.374 e. The summed E-state index contributed by atoms with van der Waals surface area (Å²) in [5, 5.41) is 0. The number of nitrogens with one attached hydrogen (secondary N) is 1. The van der Waals surface area contributed by atoms with Crippen molar-refractivity contribution in [3.63, 3.8) is 0 Å². The number of aromatic nitrogens is 2. The summed E-state index contributed by atoms with van der Waals surface area (Å²) in [6.45, 7) is 2.11. The van der Waals surface area contributed by atoms with E-state index < -0.39 is 0 Å². The number of hydrogen-bond donors (Lipinski definition) is 2. The van der Waals surface area contributed by atoms with Crippen LogP contribution in [0.2, 0.25) is 0 Å². The number of nitrogens with zero attached hydrogens (tertiary/aromatic N) is 2. The molecule has 1 aromatic carbocycles. The van der Waals surface area contributed by atoms with E-state index >= 15 is 0 Å². The molecule has 1 fully saturated rings. The van der Waals surface area contributed by atoms with Crippen molar-refractivity contribution in [3.05, 3.63) is 30.1 Å². The number of benzene rings is 1. The fourth-order valence-electron chi connectivity index (χ4n) is 3.00. The zero-order chi connectivity index (χ0) is 14.1. The van der Waals surface area contributed by atoms with E-state index in [0.29, 0.717) is 6.10 Å². The van der Waals surface area contributed by atoms with Crippen LogP contribution in [0.15, 0.2) is 24.3 Å². The van der Waals surface area contributed by atoms with Crippen molar-refractivity contribution in [1.82, 2.24) is 15.0 Å². The van der Waals surface area contributed by atoms with Gasteiger partial charge in [0.1, 0.15) is 5.82 Å². The number of aryl methyl sites for hydroxylation is 1. The molecule has 1 aliphatic heterocycles. The average Bonchev–Trinajstić information content (AvgIpc) is 3.01. The second-order valence-corrected chi connectivity index (χ2v) is 5.62. The first kappa shape index (κ1) is 13.5. The topological polar surface area (TPSA) is 65.1 Å². The number of rotatable bonds is 4. The normalized spacial score (nSPS) is 24.4. The fraction of sp³-hybridized carbons (Fsp3) is 0.533. The van der Waals surface area contributed by atoms with Gasteiger partial charge in [-0.1, -0.05) is 12.1 Å². The van der Waals surface area contributed by atoms with Gasteiger partial charge in [-0.2, -0.15) is 0 Å². The molecule has 3 rings (SSSR count). The van der Waals surface area contributed by atoms with Crippen molar-refractivity contribution in [2.24, 2.45) is 12.9 Å². The third kappa shape index (κ3) is 2.44. The van der Waals surface area contributed by atoms with Gasteiger partial charge in [-0.3, -0.25) is 11.3 Å². The number of hydrogen-bond acceptors (Lipinski definition) is 4. The molecule has 3 unspecified atom stereocenters. The predicted octanol–water partition coefficient (Wildman–Crippen LogP) is 1.52. The lowest BCUT2D eigenvalue weighted by Crippen LogP contribution is -2.45. The highest BCUT2D eigenvalue weighted by atomic mass is 16.5. The molecule has 1 aliphatic rings. The largest absolute Gasteiger partial charge is 0.374 e. The SMILES string of the molecule is CC1CCC(C(Cc2nc3ccccc3n2C)NN)O1. The third-order valence-corrected chi connectivity index (χ3v) is 4.21. The molecule has 0 bridgehead atoms. The predicted molar refractivity (Wildman–Crippen MR) is 79.1 cm³/mol. The van der Waals surface area contributed by atoms with Crippen LogP contribution in [0.4, 0.5) is 0 Å². The molecule has 2 aromatic rings. The van der Waals surface area contributed by atoms with Gasteiger partial charge in [-0.25, -0.2) is 4.98 Å². The second kappa shape index (κ2) is 5.52. The van der Waals surface area contributed by atoms with Crippen LogP contribution in [0, 0.1) is 0 Å². The first-order chi connectivity index (χ1) is 9.69. The lowest BCUT2D eigenvalue weighted by atomic mass is 10.0. The number of nitrogens with two attached hydrogens (primary N) is 1. The van der Waals surface area contributed by atoms with Gasteiger partial charge in [0.05, 0.1) is 29.3 Å². The van der Waals surface area contributed by atoms with Crippen LogP contribution < -0.4 is 11.3 Å². The monoisotopic (exact) mass is 274 g/mol. The van der Waals surface area contributed by atoms with Crippen molar-refractivity contribution in [2.45, 2.75) is 44.4 Å². The maximum atomic E-state index is 5.92. The molecule has 0 amide bonds. The molecule has 2 heterocycles. The number of imidazole rings is 1. The Morgan fingerprint density at radius 3 is 2.90 bits per heavy atom. The smallest absolute Gasteiger partial charge is 0.111 e. The van der Waals surface area contributed by atoms with Crippen LogP contribution in [0.3, 0.4) is 0 Å². The molecular weight excluding hydrogens is 252 g/mol. The van der Waals surface area contributed by atoms with Crippen molar-refractivity contribution in [2.75, 3.05) is 0 Å². The van der Waals surface area contributed by atoms with Crippen LogP contribution >= 0.6 is 0 Å². The van der Waals surface area contributed by atoms with Gasteiger partial charge in [0.15, 0.2) is 0 Å². The molecule has 3 N–H and O–H groups in total. The van der Waals surface area contributed by atoms with Gasteiger partial charge in [0.25, 0.3) is 0 Å². The van der Waals surface area contributed by atoms with Crippen molar-refractivity contribution >= 4 is 11.0 Å². The lowest BCUT2D eigenvalue weighted by molar-refractivity contribution is 0.0315. The van der Waals surface area contributed by atoms with Crippen LogP contribution in [-0.2, 0) is 18.2 Å². The summed E-state index contributed by atoms with van der Waals surface area (Å²) in [6.07, 6.45) is 3.44. The second-order valence-electron chi connectivity index (χ2n) is 5.62. The Morgan fingerprint density at radius 2 is 2.25 bits per heavy atom.